The molecule has 0 N–H and O–H groups in total. The lowest BCUT2D eigenvalue weighted by Gasteiger charge is -2.19. The zero-order valence-electron chi connectivity index (χ0n) is 6.62. The highest BCUT2D eigenvalue weighted by atomic mass is 31.0. The lowest BCUT2D eigenvalue weighted by Crippen LogP contribution is -2.22. The van der Waals surface area contributed by atoms with E-state index < -0.39 is 0 Å². The Morgan fingerprint density at radius 3 is 2.82 bits per heavy atom. The first-order chi connectivity index (χ1) is 5.24. The van der Waals surface area contributed by atoms with Crippen molar-refractivity contribution >= 4 is 15.8 Å². The van der Waals surface area contributed by atoms with Crippen LogP contribution in [0.15, 0.2) is 0 Å². The Balaban J connectivity index is 2.15. The van der Waals surface area contributed by atoms with E-state index in [-0.39, 0.29) is 5.41 Å². The van der Waals surface area contributed by atoms with Crippen molar-refractivity contribution in [2.45, 2.75) is 25.9 Å². The van der Waals surface area contributed by atoms with Crippen LogP contribution in [-0.4, -0.2) is 12.4 Å². The topological polar surface area (TPSA) is 26.3 Å². The van der Waals surface area contributed by atoms with Gasteiger partial charge in [0.1, 0.15) is 6.29 Å². The van der Waals surface area contributed by atoms with Crippen molar-refractivity contribution in [2.24, 2.45) is 17.3 Å². The van der Waals surface area contributed by atoms with Crippen LogP contribution in [0.3, 0.4) is 0 Å². The maximum Gasteiger partial charge on any atom is 0.126 e. The summed E-state index contributed by atoms with van der Waals surface area (Å²) in [6.07, 6.45) is 3.61. The van der Waals surface area contributed by atoms with Gasteiger partial charge >= 0.3 is 0 Å². The van der Waals surface area contributed by atoms with Gasteiger partial charge in [0.05, 0.1) is 6.10 Å². The van der Waals surface area contributed by atoms with Gasteiger partial charge in [-0.2, -0.15) is 0 Å². The Hall–Kier alpha value is 0.0600. The summed E-state index contributed by atoms with van der Waals surface area (Å²) < 4.78 is 5.21. The highest BCUT2D eigenvalue weighted by molar-refractivity contribution is 7.09. The van der Waals surface area contributed by atoms with Crippen LogP contribution in [0.1, 0.15) is 19.8 Å². The standard InChI is InChI=1S/C8H13O2P/c1-5-7(10-11)2-6-3-8(5,6)4-9/h4-7H,2-3,11H2,1H3/t5?,6?,7-,8-/m0/s1. The first kappa shape index (κ1) is 7.70. The molecule has 0 radical (unpaired) electrons. The first-order valence-electron chi connectivity index (χ1n) is 4.06. The van der Waals surface area contributed by atoms with Gasteiger partial charge in [0.15, 0.2) is 0 Å². The molecule has 11 heavy (non-hydrogen) atoms. The molecule has 2 fully saturated rings. The predicted molar refractivity (Wildman–Crippen MR) is 45.0 cm³/mol. The van der Waals surface area contributed by atoms with Gasteiger partial charge in [-0.25, -0.2) is 0 Å². The van der Waals surface area contributed by atoms with Crippen LogP contribution < -0.4 is 0 Å². The number of hydrogen-bond donors (Lipinski definition) is 0. The van der Waals surface area contributed by atoms with Crippen molar-refractivity contribution in [3.05, 3.63) is 0 Å². The molecular weight excluding hydrogens is 159 g/mol. The summed E-state index contributed by atoms with van der Waals surface area (Å²) in [4.78, 5) is 10.8. The Bertz CT molecular complexity index is 195. The molecule has 0 amide bonds. The highest BCUT2D eigenvalue weighted by Gasteiger charge is 2.65. The lowest BCUT2D eigenvalue weighted by atomic mass is 9.92. The van der Waals surface area contributed by atoms with Crippen molar-refractivity contribution < 1.29 is 9.32 Å². The molecule has 3 unspecified atom stereocenters. The van der Waals surface area contributed by atoms with Crippen molar-refractivity contribution in [2.75, 3.05) is 0 Å². The van der Waals surface area contributed by atoms with Gasteiger partial charge < -0.3 is 9.32 Å². The zero-order valence-corrected chi connectivity index (χ0v) is 7.77. The summed E-state index contributed by atoms with van der Waals surface area (Å²) >= 11 is 0. The molecule has 0 heterocycles. The summed E-state index contributed by atoms with van der Waals surface area (Å²) in [5.74, 6) is 1.04. The van der Waals surface area contributed by atoms with Crippen LogP contribution in [0.25, 0.3) is 0 Å². The summed E-state index contributed by atoms with van der Waals surface area (Å²) in [6, 6.07) is 0. The van der Waals surface area contributed by atoms with Gasteiger partial charge in [-0.3, -0.25) is 0 Å². The minimum absolute atomic E-state index is 0.0151. The molecule has 0 aliphatic heterocycles. The number of aldehydes is 1. The number of rotatable bonds is 2. The third-order valence-electron chi connectivity index (χ3n) is 3.52. The second-order valence-electron chi connectivity index (χ2n) is 3.83. The SMILES string of the molecule is CC1[C@@H](OP)CC2C[C@@]21C=O. The summed E-state index contributed by atoms with van der Waals surface area (Å²) in [5, 5.41) is 0. The number of hydrogen-bond acceptors (Lipinski definition) is 2. The van der Waals surface area contributed by atoms with E-state index in [4.69, 9.17) is 4.52 Å². The number of carbonyl (C=O) groups is 1. The summed E-state index contributed by atoms with van der Waals surface area (Å²) in [7, 11) is 2.30. The third-order valence-corrected chi connectivity index (χ3v) is 3.87. The molecule has 0 spiro atoms. The van der Waals surface area contributed by atoms with Crippen molar-refractivity contribution in [3.63, 3.8) is 0 Å². The average Bonchev–Trinajstić information content (AvgIpc) is 2.68. The smallest absolute Gasteiger partial charge is 0.126 e. The fourth-order valence-electron chi connectivity index (χ4n) is 2.48. The van der Waals surface area contributed by atoms with Gasteiger partial charge in [0.25, 0.3) is 0 Å². The lowest BCUT2D eigenvalue weighted by molar-refractivity contribution is -0.114. The number of carbonyl (C=O) groups excluding carboxylic acids is 1. The maximum atomic E-state index is 10.8. The fraction of sp³-hybridized carbons (Fsp3) is 0.875. The van der Waals surface area contributed by atoms with Crippen molar-refractivity contribution in [1.82, 2.24) is 0 Å². The number of fused-ring (bicyclic) bond motifs is 1. The van der Waals surface area contributed by atoms with E-state index >= 15 is 0 Å². The Labute approximate surface area is 69.0 Å². The van der Waals surface area contributed by atoms with Gasteiger partial charge in [-0.15, -0.1) is 0 Å². The molecule has 0 bridgehead atoms. The quantitative estimate of drug-likeness (QED) is 0.465. The molecule has 2 rings (SSSR count). The van der Waals surface area contributed by atoms with E-state index in [1.807, 2.05) is 0 Å². The van der Waals surface area contributed by atoms with Gasteiger partial charge in [0, 0.05) is 14.9 Å². The fourth-order valence-corrected chi connectivity index (χ4v) is 2.83. The maximum absolute atomic E-state index is 10.8. The Morgan fingerprint density at radius 1 is 1.73 bits per heavy atom. The van der Waals surface area contributed by atoms with Gasteiger partial charge in [-0.05, 0) is 24.7 Å². The Kier molecular flexibility index (Phi) is 1.59. The van der Waals surface area contributed by atoms with E-state index in [1.54, 1.807) is 0 Å². The third kappa shape index (κ3) is 0.830. The van der Waals surface area contributed by atoms with E-state index in [9.17, 15) is 4.79 Å². The molecular formula is C8H13O2P. The normalized spacial score (nSPS) is 53.8. The highest BCUT2D eigenvalue weighted by Crippen LogP contribution is 2.65. The largest absolute Gasteiger partial charge is 0.362 e. The van der Waals surface area contributed by atoms with Gasteiger partial charge in [0.2, 0.25) is 0 Å². The van der Waals surface area contributed by atoms with Crippen LogP contribution in [-0.2, 0) is 9.32 Å². The average molecular weight is 172 g/mol. The van der Waals surface area contributed by atoms with Crippen LogP contribution in [0.5, 0.6) is 0 Å². The molecule has 0 aromatic carbocycles. The molecule has 0 aromatic rings. The molecule has 5 atom stereocenters. The first-order valence-corrected chi connectivity index (χ1v) is 4.53. The molecule has 0 saturated heterocycles. The molecule has 2 nitrogen and oxygen atoms in total. The van der Waals surface area contributed by atoms with Gasteiger partial charge in [-0.1, -0.05) is 6.92 Å². The minimum atomic E-state index is 0.0151. The van der Waals surface area contributed by atoms with Crippen molar-refractivity contribution in [3.8, 4) is 0 Å². The monoisotopic (exact) mass is 172 g/mol. The predicted octanol–water partition coefficient (Wildman–Crippen LogP) is 1.41. The van der Waals surface area contributed by atoms with E-state index in [2.05, 4.69) is 16.4 Å². The molecule has 2 saturated carbocycles. The molecule has 2 aliphatic rings. The van der Waals surface area contributed by atoms with E-state index in [0.29, 0.717) is 17.9 Å². The van der Waals surface area contributed by atoms with E-state index in [0.717, 1.165) is 19.1 Å². The molecule has 0 aromatic heterocycles. The minimum Gasteiger partial charge on any atom is -0.362 e. The zero-order chi connectivity index (χ0) is 8.06. The molecule has 2 aliphatic carbocycles. The van der Waals surface area contributed by atoms with Crippen molar-refractivity contribution in [1.29, 1.82) is 0 Å². The van der Waals surface area contributed by atoms with Crippen LogP contribution in [0.4, 0.5) is 0 Å². The summed E-state index contributed by atoms with van der Waals surface area (Å²) in [5.41, 5.74) is 0.0151. The Morgan fingerprint density at radius 2 is 2.45 bits per heavy atom. The molecule has 62 valence electrons. The van der Waals surface area contributed by atoms with Crippen LogP contribution in [0.2, 0.25) is 0 Å². The van der Waals surface area contributed by atoms with E-state index in [1.165, 1.54) is 0 Å². The molecule has 3 heteroatoms. The van der Waals surface area contributed by atoms with Crippen LogP contribution >= 0.6 is 9.47 Å². The summed E-state index contributed by atoms with van der Waals surface area (Å²) in [6.45, 7) is 2.12. The second-order valence-corrected chi connectivity index (χ2v) is 4.10. The van der Waals surface area contributed by atoms with Crippen LogP contribution in [0, 0.1) is 17.3 Å². The second kappa shape index (κ2) is 2.27.